The molecular weight excluding hydrogens is 479 g/mol. The van der Waals surface area contributed by atoms with Crippen molar-refractivity contribution >= 4 is 63.8 Å². The molecule has 0 aliphatic carbocycles. The van der Waals surface area contributed by atoms with Gasteiger partial charge in [0.2, 0.25) is 3.79 Å². The van der Waals surface area contributed by atoms with Crippen LogP contribution in [0.15, 0.2) is 42.5 Å². The first-order valence-corrected chi connectivity index (χ1v) is 10.8. The second-order valence-corrected chi connectivity index (χ2v) is 9.74. The third-order valence-electron chi connectivity index (χ3n) is 4.53. The summed E-state index contributed by atoms with van der Waals surface area (Å²) >= 11 is 30.7. The quantitative estimate of drug-likeness (QED) is 0.341. The predicted molar refractivity (Wildman–Crippen MR) is 118 cm³/mol. The zero-order valence-corrected chi connectivity index (χ0v) is 19.0. The summed E-state index contributed by atoms with van der Waals surface area (Å²) in [6.45, 7) is 2.24. The van der Waals surface area contributed by atoms with E-state index in [9.17, 15) is 4.79 Å². The summed E-state index contributed by atoms with van der Waals surface area (Å²) in [7, 11) is 0. The molecular formula is C20H18Cl5NO3. The maximum absolute atomic E-state index is 12.9. The Morgan fingerprint density at radius 2 is 1.66 bits per heavy atom. The Hall–Kier alpha value is -0.720. The van der Waals surface area contributed by atoms with Gasteiger partial charge in [0.1, 0.15) is 11.5 Å². The lowest BCUT2D eigenvalue weighted by Crippen LogP contribution is -2.50. The van der Waals surface area contributed by atoms with E-state index in [1.165, 1.54) is 0 Å². The zero-order chi connectivity index (χ0) is 21.0. The van der Waals surface area contributed by atoms with Gasteiger partial charge in [0, 0.05) is 36.2 Å². The highest BCUT2D eigenvalue weighted by Crippen LogP contribution is 2.37. The molecule has 3 rings (SSSR count). The van der Waals surface area contributed by atoms with Gasteiger partial charge in [-0.15, -0.1) is 0 Å². The SMILES string of the molecule is O=C(C[C@@H](N1CCOCC1)C(Cl)(Cl)Cl)c1ccc(Oc2ccc(Cl)cc2)cc1Cl. The van der Waals surface area contributed by atoms with E-state index in [1.807, 2.05) is 4.90 Å². The van der Waals surface area contributed by atoms with Crippen LogP contribution in [0.2, 0.25) is 10.0 Å². The molecule has 0 amide bonds. The van der Waals surface area contributed by atoms with Crippen molar-refractivity contribution in [3.05, 3.63) is 58.1 Å². The second kappa shape index (κ2) is 10.1. The molecule has 2 aromatic carbocycles. The minimum Gasteiger partial charge on any atom is -0.457 e. The van der Waals surface area contributed by atoms with E-state index in [2.05, 4.69) is 0 Å². The number of nitrogens with zero attached hydrogens (tertiary/aromatic N) is 1. The van der Waals surface area contributed by atoms with Crippen LogP contribution in [0.3, 0.4) is 0 Å². The van der Waals surface area contributed by atoms with Gasteiger partial charge in [-0.3, -0.25) is 9.69 Å². The smallest absolute Gasteiger partial charge is 0.206 e. The Morgan fingerprint density at radius 3 is 2.24 bits per heavy atom. The fourth-order valence-electron chi connectivity index (χ4n) is 3.05. The van der Waals surface area contributed by atoms with E-state index in [-0.39, 0.29) is 17.2 Å². The minimum atomic E-state index is -1.61. The van der Waals surface area contributed by atoms with Crippen LogP contribution in [-0.4, -0.2) is 46.8 Å². The fraction of sp³-hybridized carbons (Fsp3) is 0.350. The normalized spacial score (nSPS) is 16.4. The molecule has 9 heteroatoms. The van der Waals surface area contributed by atoms with Gasteiger partial charge >= 0.3 is 0 Å². The van der Waals surface area contributed by atoms with Crippen LogP contribution in [0.1, 0.15) is 16.8 Å². The first kappa shape index (κ1) is 23.0. The summed E-state index contributed by atoms with van der Waals surface area (Å²) in [5, 5.41) is 0.881. The maximum Gasteiger partial charge on any atom is 0.206 e. The molecule has 156 valence electrons. The summed E-state index contributed by atoms with van der Waals surface area (Å²) in [5.41, 5.74) is 0.350. The largest absolute Gasteiger partial charge is 0.457 e. The van der Waals surface area contributed by atoms with E-state index in [1.54, 1.807) is 42.5 Å². The van der Waals surface area contributed by atoms with Crippen LogP contribution >= 0.6 is 58.0 Å². The predicted octanol–water partition coefficient (Wildman–Crippen LogP) is 6.43. The molecule has 1 heterocycles. The third kappa shape index (κ3) is 6.38. The van der Waals surface area contributed by atoms with Gasteiger partial charge in [0.15, 0.2) is 5.78 Å². The van der Waals surface area contributed by atoms with Crippen molar-refractivity contribution in [2.45, 2.75) is 16.3 Å². The number of carbonyl (C=O) groups is 1. The highest BCUT2D eigenvalue weighted by atomic mass is 35.6. The van der Waals surface area contributed by atoms with E-state index in [4.69, 9.17) is 67.5 Å². The number of ketones is 1. The number of rotatable bonds is 6. The Bertz CT molecular complexity index is 848. The molecule has 0 spiro atoms. The van der Waals surface area contributed by atoms with E-state index in [0.29, 0.717) is 48.4 Å². The number of carbonyl (C=O) groups excluding carboxylic acids is 1. The minimum absolute atomic E-state index is 0.0214. The first-order valence-electron chi connectivity index (χ1n) is 8.89. The van der Waals surface area contributed by atoms with Crippen molar-refractivity contribution in [1.82, 2.24) is 4.90 Å². The molecule has 1 fully saturated rings. The highest BCUT2D eigenvalue weighted by molar-refractivity contribution is 6.68. The van der Waals surface area contributed by atoms with Gasteiger partial charge in [0.25, 0.3) is 0 Å². The first-order chi connectivity index (χ1) is 13.7. The van der Waals surface area contributed by atoms with Crippen LogP contribution in [0.4, 0.5) is 0 Å². The van der Waals surface area contributed by atoms with Gasteiger partial charge in [-0.25, -0.2) is 0 Å². The van der Waals surface area contributed by atoms with Crippen molar-refractivity contribution in [3.63, 3.8) is 0 Å². The fourth-order valence-corrected chi connectivity index (χ4v) is 4.10. The van der Waals surface area contributed by atoms with Crippen molar-refractivity contribution in [2.24, 2.45) is 0 Å². The number of ether oxygens (including phenoxy) is 2. The molecule has 1 aliphatic rings. The molecule has 0 aromatic heterocycles. The van der Waals surface area contributed by atoms with Crippen molar-refractivity contribution < 1.29 is 14.3 Å². The van der Waals surface area contributed by atoms with Crippen LogP contribution < -0.4 is 4.74 Å². The Kier molecular flexibility index (Phi) is 7.96. The summed E-state index contributed by atoms with van der Waals surface area (Å²) in [5.74, 6) is 0.893. The highest BCUT2D eigenvalue weighted by Gasteiger charge is 2.39. The average Bonchev–Trinajstić information content (AvgIpc) is 2.67. The van der Waals surface area contributed by atoms with Gasteiger partial charge in [-0.05, 0) is 36.4 Å². The van der Waals surface area contributed by atoms with Crippen LogP contribution in [0, 0.1) is 0 Å². The number of hydrogen-bond acceptors (Lipinski definition) is 4. The third-order valence-corrected chi connectivity index (χ3v) is 5.85. The van der Waals surface area contributed by atoms with Gasteiger partial charge < -0.3 is 9.47 Å². The summed E-state index contributed by atoms with van der Waals surface area (Å²) in [6, 6.07) is 11.2. The molecule has 2 aromatic rings. The van der Waals surface area contributed by atoms with Gasteiger partial charge in [0.05, 0.1) is 24.3 Å². The summed E-state index contributed by atoms with van der Waals surface area (Å²) in [6.07, 6.45) is 0.0214. The van der Waals surface area contributed by atoms with Crippen molar-refractivity contribution in [1.29, 1.82) is 0 Å². The van der Waals surface area contributed by atoms with Gasteiger partial charge in [-0.2, -0.15) is 0 Å². The van der Waals surface area contributed by atoms with Crippen LogP contribution in [0.25, 0.3) is 0 Å². The van der Waals surface area contributed by atoms with Crippen molar-refractivity contribution in [3.8, 4) is 11.5 Å². The van der Waals surface area contributed by atoms with E-state index in [0.717, 1.165) is 0 Å². The lowest BCUT2D eigenvalue weighted by molar-refractivity contribution is 0.0158. The lowest BCUT2D eigenvalue weighted by atomic mass is 10.0. The molecule has 0 bridgehead atoms. The van der Waals surface area contributed by atoms with Crippen LogP contribution in [0.5, 0.6) is 11.5 Å². The molecule has 1 atom stereocenters. The lowest BCUT2D eigenvalue weighted by Gasteiger charge is -2.37. The number of hydrogen-bond donors (Lipinski definition) is 0. The maximum atomic E-state index is 12.9. The monoisotopic (exact) mass is 495 g/mol. The number of Topliss-reactive ketones (excluding diaryl/α,β-unsaturated/α-hetero) is 1. The molecule has 4 nitrogen and oxygen atoms in total. The Labute approximate surface area is 194 Å². The summed E-state index contributed by atoms with van der Waals surface area (Å²) in [4.78, 5) is 14.9. The average molecular weight is 498 g/mol. The molecule has 0 radical (unpaired) electrons. The van der Waals surface area contributed by atoms with E-state index < -0.39 is 9.83 Å². The number of benzene rings is 2. The Morgan fingerprint density at radius 1 is 1.03 bits per heavy atom. The molecule has 0 saturated carbocycles. The zero-order valence-electron chi connectivity index (χ0n) is 15.2. The molecule has 0 N–H and O–H groups in total. The van der Waals surface area contributed by atoms with Gasteiger partial charge in [-0.1, -0.05) is 58.0 Å². The standard InChI is InChI=1S/C20H18Cl5NO3/c21-13-1-3-14(4-2-13)29-15-5-6-16(17(22)11-15)18(27)12-19(20(23,24)25)26-7-9-28-10-8-26/h1-6,11,19H,7-10,12H2/t19-/m1/s1. The van der Waals surface area contributed by atoms with Crippen molar-refractivity contribution in [2.75, 3.05) is 26.3 Å². The second-order valence-electron chi connectivity index (χ2n) is 6.53. The number of alkyl halides is 3. The molecule has 29 heavy (non-hydrogen) atoms. The number of halogens is 5. The number of morpholine rings is 1. The molecule has 1 saturated heterocycles. The molecule has 1 aliphatic heterocycles. The topological polar surface area (TPSA) is 38.8 Å². The Balaban J connectivity index is 1.73. The van der Waals surface area contributed by atoms with E-state index >= 15 is 0 Å². The molecule has 0 unspecified atom stereocenters. The van der Waals surface area contributed by atoms with Crippen LogP contribution in [-0.2, 0) is 4.74 Å². The summed E-state index contributed by atoms with van der Waals surface area (Å²) < 4.78 is 9.47.